The van der Waals surface area contributed by atoms with Crippen molar-refractivity contribution in [2.24, 2.45) is 5.92 Å². The van der Waals surface area contributed by atoms with Crippen LogP contribution in [0.15, 0.2) is 18.2 Å². The monoisotopic (exact) mass is 407 g/mol. The maximum Gasteiger partial charge on any atom is 0.317 e. The standard InChI is InChI=1S/C20H23F2N3O4/c1-25-15(10-23-19(25)27)18(26)24-14-8-13(9-16-17(14)29-11-28-16)3-2-12-4-6-20(21,22)7-5-12/h2-3,8-9,12,15H,4-7,10-11H2,1H3,(H,23,27)(H,24,26)/b3-2+/t15-/m0/s1. The molecule has 156 valence electrons. The van der Waals surface area contributed by atoms with Crippen LogP contribution in [0.2, 0.25) is 0 Å². The zero-order chi connectivity index (χ0) is 20.6. The van der Waals surface area contributed by atoms with E-state index in [0.717, 1.165) is 5.56 Å². The number of anilines is 1. The average Bonchev–Trinajstić information content (AvgIpc) is 3.28. The van der Waals surface area contributed by atoms with E-state index >= 15 is 0 Å². The first-order chi connectivity index (χ1) is 13.8. The zero-order valence-corrected chi connectivity index (χ0v) is 16.0. The minimum atomic E-state index is -2.55. The van der Waals surface area contributed by atoms with Crippen molar-refractivity contribution in [3.05, 3.63) is 23.8 Å². The number of carbonyl (C=O) groups excluding carboxylic acids is 2. The van der Waals surface area contributed by atoms with Gasteiger partial charge in [-0.3, -0.25) is 4.79 Å². The number of fused-ring (bicyclic) bond motifs is 1. The van der Waals surface area contributed by atoms with Gasteiger partial charge in [-0.15, -0.1) is 0 Å². The molecule has 1 atom stereocenters. The van der Waals surface area contributed by atoms with Gasteiger partial charge in [0.05, 0.1) is 5.69 Å². The van der Waals surface area contributed by atoms with Crippen LogP contribution in [0.4, 0.5) is 19.3 Å². The van der Waals surface area contributed by atoms with Crippen LogP contribution in [0.25, 0.3) is 6.08 Å². The first-order valence-electron chi connectivity index (χ1n) is 9.63. The average molecular weight is 407 g/mol. The molecule has 2 aliphatic heterocycles. The number of hydrogen-bond donors (Lipinski definition) is 2. The highest BCUT2D eigenvalue weighted by molar-refractivity contribution is 6.00. The third-order valence-corrected chi connectivity index (χ3v) is 5.61. The molecule has 1 aromatic carbocycles. The number of allylic oxidation sites excluding steroid dienone is 1. The maximum absolute atomic E-state index is 13.3. The van der Waals surface area contributed by atoms with Crippen molar-refractivity contribution in [2.45, 2.75) is 37.6 Å². The van der Waals surface area contributed by atoms with Crippen molar-refractivity contribution in [1.82, 2.24) is 10.2 Å². The zero-order valence-electron chi connectivity index (χ0n) is 16.0. The van der Waals surface area contributed by atoms with Crippen LogP contribution >= 0.6 is 0 Å². The van der Waals surface area contributed by atoms with Crippen LogP contribution in [0, 0.1) is 5.92 Å². The van der Waals surface area contributed by atoms with Gasteiger partial charge in [-0.2, -0.15) is 0 Å². The first kappa shape index (κ1) is 19.5. The third kappa shape index (κ3) is 4.13. The van der Waals surface area contributed by atoms with E-state index in [1.807, 2.05) is 12.2 Å². The molecule has 0 unspecified atom stereocenters. The molecule has 7 nitrogen and oxygen atoms in total. The van der Waals surface area contributed by atoms with E-state index in [0.29, 0.717) is 30.0 Å². The second-order valence-corrected chi connectivity index (χ2v) is 7.66. The molecular weight excluding hydrogens is 384 g/mol. The molecule has 1 saturated carbocycles. The fourth-order valence-corrected chi connectivity index (χ4v) is 3.79. The smallest absolute Gasteiger partial charge is 0.317 e. The third-order valence-electron chi connectivity index (χ3n) is 5.61. The van der Waals surface area contributed by atoms with Crippen molar-refractivity contribution in [2.75, 3.05) is 25.7 Å². The van der Waals surface area contributed by atoms with Gasteiger partial charge in [0, 0.05) is 26.4 Å². The lowest BCUT2D eigenvalue weighted by molar-refractivity contribution is -0.119. The number of amides is 3. The van der Waals surface area contributed by atoms with Crippen LogP contribution in [0.3, 0.4) is 0 Å². The van der Waals surface area contributed by atoms with Crippen LogP contribution in [0.1, 0.15) is 31.2 Å². The summed E-state index contributed by atoms with van der Waals surface area (Å²) in [5.41, 5.74) is 1.23. The Bertz CT molecular complexity index is 848. The summed E-state index contributed by atoms with van der Waals surface area (Å²) in [6, 6.07) is 2.62. The number of nitrogens with zero attached hydrogens (tertiary/aromatic N) is 1. The van der Waals surface area contributed by atoms with Gasteiger partial charge in [0.15, 0.2) is 11.5 Å². The SMILES string of the molecule is CN1C(=O)NC[C@H]1C(=O)Nc1cc(/C=C/C2CCC(F)(F)CC2)cc2c1OCO2. The maximum atomic E-state index is 13.3. The molecule has 4 rings (SSSR count). The molecule has 2 N–H and O–H groups in total. The summed E-state index contributed by atoms with van der Waals surface area (Å²) in [4.78, 5) is 25.6. The largest absolute Gasteiger partial charge is 0.453 e. The highest BCUT2D eigenvalue weighted by Crippen LogP contribution is 2.41. The van der Waals surface area contributed by atoms with Crippen LogP contribution in [-0.4, -0.2) is 49.2 Å². The van der Waals surface area contributed by atoms with Crippen LogP contribution in [-0.2, 0) is 4.79 Å². The number of halogens is 2. The van der Waals surface area contributed by atoms with Gasteiger partial charge in [-0.1, -0.05) is 12.2 Å². The normalized spacial score (nSPS) is 23.5. The summed E-state index contributed by atoms with van der Waals surface area (Å²) in [6.07, 6.45) is 4.52. The second-order valence-electron chi connectivity index (χ2n) is 7.66. The number of likely N-dealkylation sites (N-methyl/N-ethyl adjacent to an activating group) is 1. The van der Waals surface area contributed by atoms with Crippen molar-refractivity contribution in [1.29, 1.82) is 0 Å². The molecular formula is C20H23F2N3O4. The molecule has 29 heavy (non-hydrogen) atoms. The Morgan fingerprint density at radius 2 is 2.07 bits per heavy atom. The number of ether oxygens (including phenoxy) is 2. The van der Waals surface area contributed by atoms with Crippen molar-refractivity contribution < 1.29 is 27.8 Å². The Kier molecular flexibility index (Phi) is 5.06. The van der Waals surface area contributed by atoms with E-state index in [1.54, 1.807) is 19.2 Å². The summed E-state index contributed by atoms with van der Waals surface area (Å²) in [5, 5.41) is 5.43. The van der Waals surface area contributed by atoms with E-state index in [-0.39, 0.29) is 44.0 Å². The molecule has 1 saturated heterocycles. The molecule has 2 heterocycles. The number of benzene rings is 1. The minimum absolute atomic E-state index is 0.0481. The summed E-state index contributed by atoms with van der Waals surface area (Å²) < 4.78 is 37.6. The van der Waals surface area contributed by atoms with Gasteiger partial charge in [0.2, 0.25) is 18.6 Å². The van der Waals surface area contributed by atoms with Crippen molar-refractivity contribution in [3.8, 4) is 11.5 Å². The molecule has 1 aromatic rings. The Labute approximate surface area is 167 Å². The summed E-state index contributed by atoms with van der Waals surface area (Å²) in [6.45, 7) is 0.277. The number of urea groups is 1. The highest BCUT2D eigenvalue weighted by atomic mass is 19.3. The first-order valence-corrected chi connectivity index (χ1v) is 9.63. The quantitative estimate of drug-likeness (QED) is 0.803. The Balaban J connectivity index is 1.50. The lowest BCUT2D eigenvalue weighted by atomic mass is 9.86. The predicted molar refractivity (Wildman–Crippen MR) is 102 cm³/mol. The number of rotatable bonds is 4. The van der Waals surface area contributed by atoms with E-state index in [4.69, 9.17) is 9.47 Å². The number of carbonyl (C=O) groups is 2. The lowest BCUT2D eigenvalue weighted by Crippen LogP contribution is -2.40. The van der Waals surface area contributed by atoms with E-state index in [1.165, 1.54) is 4.90 Å². The van der Waals surface area contributed by atoms with Gasteiger partial charge in [-0.25, -0.2) is 13.6 Å². The van der Waals surface area contributed by atoms with E-state index < -0.39 is 12.0 Å². The molecule has 0 spiro atoms. The van der Waals surface area contributed by atoms with Crippen molar-refractivity contribution >= 4 is 23.7 Å². The summed E-state index contributed by atoms with van der Waals surface area (Å²) >= 11 is 0. The Morgan fingerprint density at radius 3 is 2.76 bits per heavy atom. The molecule has 3 amide bonds. The van der Waals surface area contributed by atoms with E-state index in [2.05, 4.69) is 10.6 Å². The Morgan fingerprint density at radius 1 is 1.31 bits per heavy atom. The number of hydrogen-bond acceptors (Lipinski definition) is 4. The van der Waals surface area contributed by atoms with Gasteiger partial charge >= 0.3 is 6.03 Å². The van der Waals surface area contributed by atoms with Crippen LogP contribution in [0.5, 0.6) is 11.5 Å². The molecule has 0 radical (unpaired) electrons. The minimum Gasteiger partial charge on any atom is -0.453 e. The summed E-state index contributed by atoms with van der Waals surface area (Å²) in [7, 11) is 1.56. The predicted octanol–water partition coefficient (Wildman–Crippen LogP) is 3.22. The molecule has 3 aliphatic rings. The molecule has 0 aromatic heterocycles. The highest BCUT2D eigenvalue weighted by Gasteiger charge is 2.35. The molecule has 0 bridgehead atoms. The summed E-state index contributed by atoms with van der Waals surface area (Å²) in [5.74, 6) is -1.84. The lowest BCUT2D eigenvalue weighted by Gasteiger charge is -2.26. The molecule has 2 fully saturated rings. The Hall–Kier alpha value is -2.84. The molecule has 1 aliphatic carbocycles. The number of nitrogens with one attached hydrogen (secondary N) is 2. The van der Waals surface area contributed by atoms with E-state index in [9.17, 15) is 18.4 Å². The van der Waals surface area contributed by atoms with Gasteiger partial charge in [-0.05, 0) is 36.5 Å². The fraction of sp³-hybridized carbons (Fsp3) is 0.500. The second kappa shape index (κ2) is 7.53. The van der Waals surface area contributed by atoms with Gasteiger partial charge in [0.25, 0.3) is 0 Å². The fourth-order valence-electron chi connectivity index (χ4n) is 3.79. The van der Waals surface area contributed by atoms with Gasteiger partial charge in [0.1, 0.15) is 6.04 Å². The van der Waals surface area contributed by atoms with Gasteiger partial charge < -0.3 is 25.0 Å². The van der Waals surface area contributed by atoms with Crippen LogP contribution < -0.4 is 20.1 Å². The number of alkyl halides is 2. The topological polar surface area (TPSA) is 79.9 Å². The molecule has 9 heteroatoms. The van der Waals surface area contributed by atoms with Crippen molar-refractivity contribution in [3.63, 3.8) is 0 Å².